The molecule has 0 saturated carbocycles. The van der Waals surface area contributed by atoms with Gasteiger partial charge in [-0.15, -0.1) is 0 Å². The van der Waals surface area contributed by atoms with Gasteiger partial charge in [-0.2, -0.15) is 11.8 Å². The van der Waals surface area contributed by atoms with Crippen LogP contribution >= 0.6 is 11.8 Å². The van der Waals surface area contributed by atoms with E-state index in [-0.39, 0.29) is 0 Å². The fraction of sp³-hybridized carbons (Fsp3) is 0.600. The van der Waals surface area contributed by atoms with Crippen LogP contribution in [0, 0.1) is 5.92 Å². The van der Waals surface area contributed by atoms with Gasteiger partial charge in [0.05, 0.1) is 0 Å². The van der Waals surface area contributed by atoms with Crippen molar-refractivity contribution in [3.8, 4) is 0 Å². The van der Waals surface area contributed by atoms with Crippen molar-refractivity contribution in [2.45, 2.75) is 45.3 Å². The minimum atomic E-state index is 0.631. The number of benzene rings is 1. The molecular weight excluding hydrogens is 212 g/mol. The molecule has 0 aromatic heterocycles. The highest BCUT2D eigenvalue weighted by molar-refractivity contribution is 7.98. The van der Waals surface area contributed by atoms with E-state index in [0.29, 0.717) is 11.2 Å². The Bertz CT molecular complexity index is 298. The van der Waals surface area contributed by atoms with Crippen LogP contribution in [0.3, 0.4) is 0 Å². The summed E-state index contributed by atoms with van der Waals surface area (Å²) in [5.74, 6) is 1.40. The average Bonchev–Trinajstić information content (AvgIpc) is 2.25. The molecule has 1 atom stereocenters. The summed E-state index contributed by atoms with van der Waals surface area (Å²) in [5, 5.41) is 0.654. The fourth-order valence-corrected chi connectivity index (χ4v) is 2.90. The zero-order chi connectivity index (χ0) is 12.1. The highest BCUT2D eigenvalue weighted by atomic mass is 32.2. The number of rotatable bonds is 5. The summed E-state index contributed by atoms with van der Waals surface area (Å²) in [5.41, 5.74) is 2.92. The molecule has 0 aliphatic carbocycles. The minimum absolute atomic E-state index is 0.631. The van der Waals surface area contributed by atoms with E-state index in [9.17, 15) is 0 Å². The van der Waals surface area contributed by atoms with Crippen LogP contribution in [0.2, 0.25) is 0 Å². The lowest BCUT2D eigenvalue weighted by Gasteiger charge is -2.18. The van der Waals surface area contributed by atoms with Gasteiger partial charge < -0.3 is 0 Å². The van der Waals surface area contributed by atoms with E-state index in [1.807, 2.05) is 11.8 Å². The van der Waals surface area contributed by atoms with Crippen LogP contribution in [-0.4, -0.2) is 6.26 Å². The Kier molecular flexibility index (Phi) is 5.40. The SMILES string of the molecule is CSC(CC(C)C)c1ccc(C(C)C)cc1. The van der Waals surface area contributed by atoms with Crippen molar-refractivity contribution in [1.82, 2.24) is 0 Å². The summed E-state index contributed by atoms with van der Waals surface area (Å²) >= 11 is 1.97. The van der Waals surface area contributed by atoms with E-state index in [4.69, 9.17) is 0 Å². The second kappa shape index (κ2) is 6.34. The Morgan fingerprint density at radius 1 is 0.938 bits per heavy atom. The van der Waals surface area contributed by atoms with Crippen LogP contribution in [-0.2, 0) is 0 Å². The molecule has 0 spiro atoms. The lowest BCUT2D eigenvalue weighted by Crippen LogP contribution is -1.99. The summed E-state index contributed by atoms with van der Waals surface area (Å²) in [6.45, 7) is 9.09. The first-order valence-electron chi connectivity index (χ1n) is 6.17. The first-order valence-corrected chi connectivity index (χ1v) is 7.46. The summed E-state index contributed by atoms with van der Waals surface area (Å²) < 4.78 is 0. The summed E-state index contributed by atoms with van der Waals surface area (Å²) in [7, 11) is 0. The van der Waals surface area contributed by atoms with Gasteiger partial charge in [-0.05, 0) is 35.6 Å². The fourth-order valence-electron chi connectivity index (χ4n) is 1.89. The second-order valence-electron chi connectivity index (χ2n) is 5.18. The number of hydrogen-bond donors (Lipinski definition) is 0. The van der Waals surface area contributed by atoms with Gasteiger partial charge in [0, 0.05) is 5.25 Å². The van der Waals surface area contributed by atoms with Gasteiger partial charge in [0.25, 0.3) is 0 Å². The molecule has 0 aliphatic rings. The molecule has 0 radical (unpaired) electrons. The first-order chi connectivity index (χ1) is 7.54. The number of hydrogen-bond acceptors (Lipinski definition) is 1. The summed E-state index contributed by atoms with van der Waals surface area (Å²) in [6, 6.07) is 9.17. The Morgan fingerprint density at radius 2 is 1.44 bits per heavy atom. The van der Waals surface area contributed by atoms with E-state index < -0.39 is 0 Å². The van der Waals surface area contributed by atoms with Crippen molar-refractivity contribution < 1.29 is 0 Å². The minimum Gasteiger partial charge on any atom is -0.157 e. The van der Waals surface area contributed by atoms with Gasteiger partial charge in [-0.3, -0.25) is 0 Å². The Hall–Kier alpha value is -0.430. The van der Waals surface area contributed by atoms with E-state index in [1.54, 1.807) is 0 Å². The third-order valence-corrected chi connectivity index (χ3v) is 3.98. The van der Waals surface area contributed by atoms with Crippen molar-refractivity contribution in [2.75, 3.05) is 6.26 Å². The van der Waals surface area contributed by atoms with Crippen molar-refractivity contribution in [3.63, 3.8) is 0 Å². The lowest BCUT2D eigenvalue weighted by molar-refractivity contribution is 0.579. The zero-order valence-corrected chi connectivity index (χ0v) is 12.0. The molecule has 0 N–H and O–H groups in total. The van der Waals surface area contributed by atoms with Gasteiger partial charge in [0.2, 0.25) is 0 Å². The Labute approximate surface area is 105 Å². The van der Waals surface area contributed by atoms with Crippen LogP contribution in [0.4, 0.5) is 0 Å². The lowest BCUT2D eigenvalue weighted by atomic mass is 9.98. The molecule has 90 valence electrons. The zero-order valence-electron chi connectivity index (χ0n) is 11.2. The van der Waals surface area contributed by atoms with Gasteiger partial charge in [0.15, 0.2) is 0 Å². The van der Waals surface area contributed by atoms with Gasteiger partial charge in [0.1, 0.15) is 0 Å². The molecule has 0 amide bonds. The molecule has 1 aromatic rings. The first kappa shape index (κ1) is 13.6. The Balaban J connectivity index is 2.78. The van der Waals surface area contributed by atoms with Gasteiger partial charge in [-0.1, -0.05) is 52.0 Å². The maximum absolute atomic E-state index is 2.30. The molecule has 0 saturated heterocycles. The smallest absolute Gasteiger partial charge is 0.0296 e. The molecule has 1 unspecified atom stereocenters. The van der Waals surface area contributed by atoms with Crippen LogP contribution in [0.5, 0.6) is 0 Å². The van der Waals surface area contributed by atoms with Crippen LogP contribution in [0.1, 0.15) is 56.4 Å². The summed E-state index contributed by atoms with van der Waals surface area (Å²) in [6.07, 6.45) is 3.48. The third-order valence-electron chi connectivity index (χ3n) is 2.94. The molecule has 0 nitrogen and oxygen atoms in total. The molecule has 16 heavy (non-hydrogen) atoms. The average molecular weight is 236 g/mol. The van der Waals surface area contributed by atoms with Crippen molar-refractivity contribution in [2.24, 2.45) is 5.92 Å². The molecule has 0 heterocycles. The van der Waals surface area contributed by atoms with Crippen molar-refractivity contribution >= 4 is 11.8 Å². The highest BCUT2D eigenvalue weighted by Gasteiger charge is 2.12. The van der Waals surface area contributed by atoms with Gasteiger partial charge in [-0.25, -0.2) is 0 Å². The molecule has 0 bridgehead atoms. The normalized spacial score (nSPS) is 13.4. The monoisotopic (exact) mass is 236 g/mol. The van der Waals surface area contributed by atoms with Crippen LogP contribution < -0.4 is 0 Å². The van der Waals surface area contributed by atoms with Crippen molar-refractivity contribution in [3.05, 3.63) is 35.4 Å². The number of thioether (sulfide) groups is 1. The van der Waals surface area contributed by atoms with E-state index in [2.05, 4.69) is 58.2 Å². The highest BCUT2D eigenvalue weighted by Crippen LogP contribution is 2.33. The summed E-state index contributed by atoms with van der Waals surface area (Å²) in [4.78, 5) is 0. The molecule has 1 aromatic carbocycles. The van der Waals surface area contributed by atoms with E-state index >= 15 is 0 Å². The second-order valence-corrected chi connectivity index (χ2v) is 6.22. The largest absolute Gasteiger partial charge is 0.157 e. The van der Waals surface area contributed by atoms with Crippen LogP contribution in [0.25, 0.3) is 0 Å². The predicted molar refractivity (Wildman–Crippen MR) is 76.2 cm³/mol. The molecule has 0 aliphatic heterocycles. The predicted octanol–water partition coefficient (Wildman–Crippen LogP) is 5.26. The quantitative estimate of drug-likeness (QED) is 0.672. The van der Waals surface area contributed by atoms with Crippen molar-refractivity contribution in [1.29, 1.82) is 0 Å². The molecule has 0 fully saturated rings. The maximum atomic E-state index is 2.30. The third kappa shape index (κ3) is 3.86. The molecular formula is C15H24S. The molecule has 1 heteroatoms. The maximum Gasteiger partial charge on any atom is 0.0296 e. The Morgan fingerprint density at radius 3 is 1.81 bits per heavy atom. The van der Waals surface area contributed by atoms with Gasteiger partial charge >= 0.3 is 0 Å². The van der Waals surface area contributed by atoms with E-state index in [0.717, 1.165) is 5.92 Å². The standard InChI is InChI=1S/C15H24S/c1-11(2)10-15(16-5)14-8-6-13(7-9-14)12(3)4/h6-9,11-12,15H,10H2,1-5H3. The topological polar surface area (TPSA) is 0 Å². The van der Waals surface area contributed by atoms with Crippen LogP contribution in [0.15, 0.2) is 24.3 Å². The molecule has 1 rings (SSSR count). The van der Waals surface area contributed by atoms with E-state index in [1.165, 1.54) is 17.5 Å².